The van der Waals surface area contributed by atoms with Crippen LogP contribution in [0.25, 0.3) is 0 Å². The Hall–Kier alpha value is -0.120. The molecule has 1 N–H and O–H groups in total. The van der Waals surface area contributed by atoms with Crippen LogP contribution in [0.1, 0.15) is 86.0 Å². The molecule has 140 valence electrons. The SMILES string of the molecule is CC(CCCC1(C)COC(C)(C)O1)C1CCC2C(O)CCCC12C. The molecule has 1 saturated heterocycles. The maximum atomic E-state index is 10.4. The van der Waals surface area contributed by atoms with Crippen LogP contribution in [0.2, 0.25) is 0 Å². The summed E-state index contributed by atoms with van der Waals surface area (Å²) >= 11 is 0. The van der Waals surface area contributed by atoms with Crippen LogP contribution in [0.5, 0.6) is 0 Å². The van der Waals surface area contributed by atoms with E-state index in [0.29, 0.717) is 17.9 Å². The molecule has 0 spiro atoms. The third-order valence-electron chi connectivity index (χ3n) is 7.43. The van der Waals surface area contributed by atoms with Crippen molar-refractivity contribution in [2.24, 2.45) is 23.2 Å². The van der Waals surface area contributed by atoms with Crippen molar-refractivity contribution >= 4 is 0 Å². The summed E-state index contributed by atoms with van der Waals surface area (Å²) in [5.74, 6) is 1.64. The van der Waals surface area contributed by atoms with E-state index in [1.807, 2.05) is 13.8 Å². The largest absolute Gasteiger partial charge is 0.393 e. The molecule has 3 heteroatoms. The Balaban J connectivity index is 1.52. The minimum atomic E-state index is -0.426. The van der Waals surface area contributed by atoms with Gasteiger partial charge in [-0.25, -0.2) is 0 Å². The molecule has 0 radical (unpaired) electrons. The van der Waals surface area contributed by atoms with Crippen molar-refractivity contribution < 1.29 is 14.6 Å². The van der Waals surface area contributed by atoms with Crippen LogP contribution in [-0.2, 0) is 9.47 Å². The second kappa shape index (κ2) is 6.55. The molecule has 0 aromatic heterocycles. The molecular weight excluding hydrogens is 300 g/mol. The van der Waals surface area contributed by atoms with Gasteiger partial charge in [0.1, 0.15) is 0 Å². The van der Waals surface area contributed by atoms with Crippen LogP contribution in [-0.4, -0.2) is 29.2 Å². The average molecular weight is 339 g/mol. The Morgan fingerprint density at radius 1 is 1.12 bits per heavy atom. The first-order chi connectivity index (χ1) is 11.2. The topological polar surface area (TPSA) is 38.7 Å². The molecule has 3 aliphatic rings. The second-order valence-electron chi connectivity index (χ2n) is 9.87. The Labute approximate surface area is 148 Å². The monoisotopic (exact) mass is 338 g/mol. The van der Waals surface area contributed by atoms with Gasteiger partial charge in [-0.15, -0.1) is 0 Å². The van der Waals surface area contributed by atoms with E-state index in [2.05, 4.69) is 20.8 Å². The van der Waals surface area contributed by atoms with Crippen LogP contribution in [0.4, 0.5) is 0 Å². The van der Waals surface area contributed by atoms with E-state index in [0.717, 1.165) is 24.7 Å². The van der Waals surface area contributed by atoms with Gasteiger partial charge in [0.25, 0.3) is 0 Å². The standard InChI is InChI=1S/C21H38O3/c1-15(8-6-12-20(4)14-23-19(2,3)24-20)16-10-11-17-18(22)9-7-13-21(16,17)5/h15-18,22H,6-14H2,1-5H3. The van der Waals surface area contributed by atoms with Crippen molar-refractivity contribution in [3.05, 3.63) is 0 Å². The van der Waals surface area contributed by atoms with E-state index in [4.69, 9.17) is 9.47 Å². The van der Waals surface area contributed by atoms with Crippen molar-refractivity contribution in [2.75, 3.05) is 6.61 Å². The predicted octanol–water partition coefficient (Wildman–Crippen LogP) is 4.91. The average Bonchev–Trinajstić information content (AvgIpc) is 2.96. The lowest BCUT2D eigenvalue weighted by Gasteiger charge is -2.45. The maximum absolute atomic E-state index is 10.4. The molecule has 3 fully saturated rings. The van der Waals surface area contributed by atoms with Gasteiger partial charge in [-0.1, -0.05) is 33.1 Å². The van der Waals surface area contributed by atoms with E-state index in [1.54, 1.807) is 0 Å². The molecule has 0 amide bonds. The number of rotatable bonds is 5. The van der Waals surface area contributed by atoms with Gasteiger partial charge in [0, 0.05) is 0 Å². The highest BCUT2D eigenvalue weighted by atomic mass is 16.7. The predicted molar refractivity (Wildman–Crippen MR) is 96.7 cm³/mol. The lowest BCUT2D eigenvalue weighted by molar-refractivity contribution is -0.158. The molecule has 0 bridgehead atoms. The molecule has 2 saturated carbocycles. The molecule has 3 rings (SSSR count). The Morgan fingerprint density at radius 2 is 1.88 bits per heavy atom. The number of hydrogen-bond donors (Lipinski definition) is 1. The summed E-state index contributed by atoms with van der Waals surface area (Å²) < 4.78 is 11.9. The van der Waals surface area contributed by atoms with Crippen molar-refractivity contribution in [1.29, 1.82) is 0 Å². The first kappa shape index (κ1) is 18.7. The quantitative estimate of drug-likeness (QED) is 0.774. The van der Waals surface area contributed by atoms with E-state index < -0.39 is 5.79 Å². The van der Waals surface area contributed by atoms with Crippen molar-refractivity contribution in [3.63, 3.8) is 0 Å². The summed E-state index contributed by atoms with van der Waals surface area (Å²) in [7, 11) is 0. The van der Waals surface area contributed by atoms with Crippen molar-refractivity contribution in [1.82, 2.24) is 0 Å². The molecule has 6 unspecified atom stereocenters. The number of aliphatic hydroxyl groups is 1. The summed E-state index contributed by atoms with van der Waals surface area (Å²) in [6, 6.07) is 0. The molecule has 6 atom stereocenters. The molecule has 3 nitrogen and oxygen atoms in total. The van der Waals surface area contributed by atoms with Crippen LogP contribution >= 0.6 is 0 Å². The Kier molecular flexibility index (Phi) is 5.10. The molecule has 24 heavy (non-hydrogen) atoms. The van der Waals surface area contributed by atoms with Gasteiger partial charge in [-0.2, -0.15) is 0 Å². The zero-order valence-electron chi connectivity index (χ0n) is 16.4. The zero-order valence-corrected chi connectivity index (χ0v) is 16.4. The second-order valence-corrected chi connectivity index (χ2v) is 9.87. The van der Waals surface area contributed by atoms with E-state index in [1.165, 1.54) is 38.5 Å². The summed E-state index contributed by atoms with van der Waals surface area (Å²) in [4.78, 5) is 0. The first-order valence-electron chi connectivity index (χ1n) is 10.2. The van der Waals surface area contributed by atoms with Crippen molar-refractivity contribution in [2.45, 2.75) is 103 Å². The van der Waals surface area contributed by atoms with Gasteiger partial charge in [0.05, 0.1) is 18.3 Å². The van der Waals surface area contributed by atoms with Gasteiger partial charge in [-0.3, -0.25) is 0 Å². The van der Waals surface area contributed by atoms with Gasteiger partial charge in [0.15, 0.2) is 5.79 Å². The summed E-state index contributed by atoms with van der Waals surface area (Å²) in [5.41, 5.74) is 0.252. The van der Waals surface area contributed by atoms with Crippen LogP contribution in [0, 0.1) is 23.2 Å². The van der Waals surface area contributed by atoms with Crippen molar-refractivity contribution in [3.8, 4) is 0 Å². The van der Waals surface area contributed by atoms with Crippen LogP contribution in [0.3, 0.4) is 0 Å². The first-order valence-corrected chi connectivity index (χ1v) is 10.2. The highest BCUT2D eigenvalue weighted by Crippen LogP contribution is 2.58. The minimum absolute atomic E-state index is 0.0499. The fourth-order valence-electron chi connectivity index (χ4n) is 6.23. The number of fused-ring (bicyclic) bond motifs is 1. The molecule has 2 aliphatic carbocycles. The highest BCUT2D eigenvalue weighted by molar-refractivity contribution is 5.01. The Bertz CT molecular complexity index is 448. The van der Waals surface area contributed by atoms with Crippen LogP contribution in [0.15, 0.2) is 0 Å². The third-order valence-corrected chi connectivity index (χ3v) is 7.43. The van der Waals surface area contributed by atoms with E-state index >= 15 is 0 Å². The lowest BCUT2D eigenvalue weighted by atomic mass is 9.61. The highest BCUT2D eigenvalue weighted by Gasteiger charge is 2.52. The normalized spacial score (nSPS) is 46.0. The third kappa shape index (κ3) is 3.54. The molecular formula is C21H38O3. The fourth-order valence-corrected chi connectivity index (χ4v) is 6.23. The maximum Gasteiger partial charge on any atom is 0.163 e. The fraction of sp³-hybridized carbons (Fsp3) is 1.00. The van der Waals surface area contributed by atoms with Gasteiger partial charge in [0.2, 0.25) is 0 Å². The molecule has 0 aromatic carbocycles. The van der Waals surface area contributed by atoms with Gasteiger partial charge in [-0.05, 0) is 76.0 Å². The lowest BCUT2D eigenvalue weighted by Crippen LogP contribution is -2.41. The van der Waals surface area contributed by atoms with E-state index in [-0.39, 0.29) is 11.7 Å². The molecule has 0 aromatic rings. The van der Waals surface area contributed by atoms with E-state index in [9.17, 15) is 5.11 Å². The van der Waals surface area contributed by atoms with Gasteiger partial charge >= 0.3 is 0 Å². The summed E-state index contributed by atoms with van der Waals surface area (Å²) in [5, 5.41) is 10.4. The Morgan fingerprint density at radius 3 is 2.54 bits per heavy atom. The number of aliphatic hydroxyl groups excluding tert-OH is 1. The number of hydrogen-bond acceptors (Lipinski definition) is 3. The zero-order chi connectivity index (χ0) is 17.6. The van der Waals surface area contributed by atoms with Gasteiger partial charge < -0.3 is 14.6 Å². The molecule has 1 aliphatic heterocycles. The number of ether oxygens (including phenoxy) is 2. The molecule has 1 heterocycles. The minimum Gasteiger partial charge on any atom is -0.393 e. The smallest absolute Gasteiger partial charge is 0.163 e. The summed E-state index contributed by atoms with van der Waals surface area (Å²) in [6.07, 6.45) is 9.58. The summed E-state index contributed by atoms with van der Waals surface area (Å²) in [6.45, 7) is 11.8. The van der Waals surface area contributed by atoms with Crippen LogP contribution < -0.4 is 0 Å².